The Morgan fingerprint density at radius 2 is 2.12 bits per heavy atom. The highest BCUT2D eigenvalue weighted by atomic mass is 35.5. The number of thiophene rings is 1. The lowest BCUT2D eigenvalue weighted by Gasteiger charge is -2.12. The van der Waals surface area contributed by atoms with Gasteiger partial charge < -0.3 is 5.32 Å². The van der Waals surface area contributed by atoms with Crippen LogP contribution in [0.4, 0.5) is 4.39 Å². The maximum atomic E-state index is 13.8. The van der Waals surface area contributed by atoms with Gasteiger partial charge in [-0.25, -0.2) is 4.39 Å². The summed E-state index contributed by atoms with van der Waals surface area (Å²) in [5.41, 5.74) is 1.62. The van der Waals surface area contributed by atoms with Gasteiger partial charge in [0.05, 0.1) is 9.90 Å². The van der Waals surface area contributed by atoms with E-state index in [2.05, 4.69) is 5.32 Å². The van der Waals surface area contributed by atoms with Gasteiger partial charge in [0.2, 0.25) is 0 Å². The van der Waals surface area contributed by atoms with Gasteiger partial charge in [-0.3, -0.25) is 0 Å². The van der Waals surface area contributed by atoms with E-state index in [1.165, 1.54) is 17.4 Å². The van der Waals surface area contributed by atoms with Gasteiger partial charge in [-0.15, -0.1) is 11.3 Å². The molecule has 0 amide bonds. The Kier molecular flexibility index (Phi) is 3.82. The van der Waals surface area contributed by atoms with Crippen molar-refractivity contribution < 1.29 is 4.39 Å². The Balaban J connectivity index is 2.50. The molecule has 0 aliphatic heterocycles. The van der Waals surface area contributed by atoms with Crippen molar-refractivity contribution in [1.82, 2.24) is 5.32 Å². The van der Waals surface area contributed by atoms with Crippen LogP contribution in [-0.2, 0) is 0 Å². The van der Waals surface area contributed by atoms with Gasteiger partial charge in [-0.05, 0) is 43.1 Å². The quantitative estimate of drug-likeness (QED) is 0.866. The molecule has 2 rings (SSSR count). The van der Waals surface area contributed by atoms with Crippen LogP contribution in [0.15, 0.2) is 29.6 Å². The molecule has 1 heterocycles. The van der Waals surface area contributed by atoms with Crippen molar-refractivity contribution in [3.05, 3.63) is 46.0 Å². The highest BCUT2D eigenvalue weighted by Gasteiger charge is 2.13. The lowest BCUT2D eigenvalue weighted by molar-refractivity contribution is 0.622. The van der Waals surface area contributed by atoms with Crippen molar-refractivity contribution in [3.8, 4) is 10.4 Å². The third-order valence-corrected chi connectivity index (χ3v) is 4.16. The standard InChI is InChI=1S/C13H13ClFNS/c1-8(16-2)9-3-4-12(15)10(7-9)13-11(14)5-6-17-13/h3-8,16H,1-2H3. The number of hydrogen-bond acceptors (Lipinski definition) is 2. The number of rotatable bonds is 3. The van der Waals surface area contributed by atoms with E-state index >= 15 is 0 Å². The SMILES string of the molecule is CNC(C)c1ccc(F)c(-c2sccc2Cl)c1. The van der Waals surface area contributed by atoms with E-state index in [1.807, 2.05) is 25.4 Å². The van der Waals surface area contributed by atoms with Crippen LogP contribution < -0.4 is 5.32 Å². The normalized spacial score (nSPS) is 12.7. The van der Waals surface area contributed by atoms with Crippen molar-refractivity contribution in [2.45, 2.75) is 13.0 Å². The van der Waals surface area contributed by atoms with E-state index in [0.717, 1.165) is 10.4 Å². The topological polar surface area (TPSA) is 12.0 Å². The molecule has 0 aliphatic carbocycles. The summed E-state index contributed by atoms with van der Waals surface area (Å²) < 4.78 is 13.8. The number of nitrogens with one attached hydrogen (secondary N) is 1. The monoisotopic (exact) mass is 269 g/mol. The van der Waals surface area contributed by atoms with Gasteiger partial charge in [0.15, 0.2) is 0 Å². The lowest BCUT2D eigenvalue weighted by Crippen LogP contribution is -2.12. The van der Waals surface area contributed by atoms with Crippen LogP contribution >= 0.6 is 22.9 Å². The van der Waals surface area contributed by atoms with Gasteiger partial charge in [-0.1, -0.05) is 17.7 Å². The molecular weight excluding hydrogens is 257 g/mol. The van der Waals surface area contributed by atoms with Gasteiger partial charge in [-0.2, -0.15) is 0 Å². The first-order chi connectivity index (χ1) is 8.13. The molecule has 1 unspecified atom stereocenters. The molecule has 0 spiro atoms. The predicted molar refractivity (Wildman–Crippen MR) is 72.2 cm³/mol. The zero-order valence-electron chi connectivity index (χ0n) is 9.63. The summed E-state index contributed by atoms with van der Waals surface area (Å²) in [6, 6.07) is 7.12. The maximum Gasteiger partial charge on any atom is 0.131 e. The molecule has 1 aromatic carbocycles. The van der Waals surface area contributed by atoms with Crippen LogP contribution in [0.1, 0.15) is 18.5 Å². The highest BCUT2D eigenvalue weighted by Crippen LogP contribution is 2.35. The minimum absolute atomic E-state index is 0.188. The smallest absolute Gasteiger partial charge is 0.131 e. The van der Waals surface area contributed by atoms with E-state index < -0.39 is 0 Å². The second-order valence-electron chi connectivity index (χ2n) is 3.85. The molecule has 0 radical (unpaired) electrons. The van der Waals surface area contributed by atoms with Gasteiger partial charge >= 0.3 is 0 Å². The fraction of sp³-hybridized carbons (Fsp3) is 0.231. The molecule has 0 saturated carbocycles. The first kappa shape index (κ1) is 12.6. The Morgan fingerprint density at radius 3 is 2.71 bits per heavy atom. The Labute approximate surface area is 109 Å². The molecule has 17 heavy (non-hydrogen) atoms. The van der Waals surface area contributed by atoms with Crippen molar-refractivity contribution in [3.63, 3.8) is 0 Å². The molecule has 1 nitrogen and oxygen atoms in total. The molecule has 2 aromatic rings. The summed E-state index contributed by atoms with van der Waals surface area (Å²) in [5.74, 6) is -0.235. The van der Waals surface area contributed by atoms with Crippen LogP contribution in [-0.4, -0.2) is 7.05 Å². The van der Waals surface area contributed by atoms with Crippen molar-refractivity contribution in [2.24, 2.45) is 0 Å². The van der Waals surface area contributed by atoms with Crippen molar-refractivity contribution >= 4 is 22.9 Å². The van der Waals surface area contributed by atoms with Crippen LogP contribution in [0.2, 0.25) is 5.02 Å². The number of halogens is 2. The molecule has 4 heteroatoms. The summed E-state index contributed by atoms with van der Waals surface area (Å²) >= 11 is 7.49. The Bertz CT molecular complexity index is 524. The fourth-order valence-electron chi connectivity index (χ4n) is 1.64. The fourth-order valence-corrected chi connectivity index (χ4v) is 2.82. The predicted octanol–water partition coefficient (Wildman–Crippen LogP) is 4.49. The Morgan fingerprint density at radius 1 is 1.35 bits per heavy atom. The van der Waals surface area contributed by atoms with Crippen LogP contribution in [0, 0.1) is 5.82 Å². The summed E-state index contributed by atoms with van der Waals surface area (Å²) in [7, 11) is 1.88. The average Bonchev–Trinajstić information content (AvgIpc) is 2.75. The van der Waals surface area contributed by atoms with Gasteiger partial charge in [0.1, 0.15) is 5.82 Å². The second-order valence-corrected chi connectivity index (χ2v) is 5.17. The van der Waals surface area contributed by atoms with Crippen LogP contribution in [0.25, 0.3) is 10.4 Å². The minimum Gasteiger partial charge on any atom is -0.313 e. The first-order valence-corrected chi connectivity index (χ1v) is 6.59. The zero-order chi connectivity index (χ0) is 12.4. The highest BCUT2D eigenvalue weighted by molar-refractivity contribution is 7.14. The maximum absolute atomic E-state index is 13.8. The van der Waals surface area contributed by atoms with E-state index in [0.29, 0.717) is 10.6 Å². The molecule has 90 valence electrons. The Hall–Kier alpha value is -0.900. The summed E-state index contributed by atoms with van der Waals surface area (Å²) in [5, 5.41) is 5.60. The van der Waals surface area contributed by atoms with E-state index in [-0.39, 0.29) is 11.9 Å². The van der Waals surface area contributed by atoms with Crippen LogP contribution in [0.5, 0.6) is 0 Å². The van der Waals surface area contributed by atoms with Crippen LogP contribution in [0.3, 0.4) is 0 Å². The molecule has 1 aromatic heterocycles. The molecule has 1 atom stereocenters. The first-order valence-electron chi connectivity index (χ1n) is 5.33. The average molecular weight is 270 g/mol. The summed E-state index contributed by atoms with van der Waals surface area (Å²) in [6.45, 7) is 2.03. The van der Waals surface area contributed by atoms with Gasteiger partial charge in [0.25, 0.3) is 0 Å². The summed E-state index contributed by atoms with van der Waals surface area (Å²) in [4.78, 5) is 0.786. The third-order valence-electron chi connectivity index (χ3n) is 2.79. The molecule has 0 fully saturated rings. The molecule has 0 bridgehead atoms. The second kappa shape index (κ2) is 5.17. The van der Waals surface area contributed by atoms with E-state index in [9.17, 15) is 4.39 Å². The van der Waals surface area contributed by atoms with Gasteiger partial charge in [0, 0.05) is 11.6 Å². The molecule has 0 aliphatic rings. The molecular formula is C13H13ClFNS. The summed E-state index contributed by atoms with van der Waals surface area (Å²) in [6.07, 6.45) is 0. The van der Waals surface area contributed by atoms with Crippen molar-refractivity contribution in [1.29, 1.82) is 0 Å². The minimum atomic E-state index is -0.235. The van der Waals surface area contributed by atoms with E-state index in [1.54, 1.807) is 12.1 Å². The van der Waals surface area contributed by atoms with Crippen molar-refractivity contribution in [2.75, 3.05) is 7.05 Å². The number of hydrogen-bond donors (Lipinski definition) is 1. The number of benzene rings is 1. The zero-order valence-corrected chi connectivity index (χ0v) is 11.2. The molecule has 0 saturated heterocycles. The molecule has 1 N–H and O–H groups in total. The largest absolute Gasteiger partial charge is 0.313 e. The van der Waals surface area contributed by atoms with E-state index in [4.69, 9.17) is 11.6 Å². The third kappa shape index (κ3) is 2.51. The lowest BCUT2D eigenvalue weighted by atomic mass is 10.0.